The van der Waals surface area contributed by atoms with Crippen LogP contribution in [0, 0.1) is 5.92 Å². The van der Waals surface area contributed by atoms with Gasteiger partial charge in [-0.05, 0) is 5.92 Å². The summed E-state index contributed by atoms with van der Waals surface area (Å²) in [7, 11) is 0. The smallest absolute Gasteiger partial charge is 0.317 e. The van der Waals surface area contributed by atoms with Crippen LogP contribution >= 0.6 is 0 Å². The molecule has 2 saturated heterocycles. The number of nitrogens with one attached hydrogen (secondary N) is 1. The molecule has 6 nitrogen and oxygen atoms in total. The van der Waals surface area contributed by atoms with E-state index in [1.807, 2.05) is 4.90 Å². The number of nitrogens with zero attached hydrogens (tertiary/aromatic N) is 2. The van der Waals surface area contributed by atoms with Crippen LogP contribution in [-0.4, -0.2) is 81.0 Å². The van der Waals surface area contributed by atoms with Crippen LogP contribution in [0.3, 0.4) is 0 Å². The Hall–Kier alpha value is -0.850. The lowest BCUT2D eigenvalue weighted by atomic mass is 10.0. The predicted octanol–water partition coefficient (Wildman–Crippen LogP) is 0.385. The van der Waals surface area contributed by atoms with Crippen LogP contribution in [0.25, 0.3) is 0 Å². The van der Waals surface area contributed by atoms with Crippen molar-refractivity contribution in [2.45, 2.75) is 19.9 Å². The van der Waals surface area contributed by atoms with Gasteiger partial charge in [-0.25, -0.2) is 4.79 Å². The Morgan fingerprint density at radius 1 is 1.05 bits per heavy atom. The van der Waals surface area contributed by atoms with E-state index >= 15 is 0 Å². The van der Waals surface area contributed by atoms with Crippen LogP contribution in [-0.2, 0) is 9.47 Å². The number of amides is 2. The first-order valence-corrected chi connectivity index (χ1v) is 7.61. The molecule has 1 atom stereocenters. The Balaban J connectivity index is 1.80. The molecule has 2 aliphatic rings. The summed E-state index contributed by atoms with van der Waals surface area (Å²) >= 11 is 0. The second-order valence-electron chi connectivity index (χ2n) is 5.75. The SMILES string of the molecule is CC(C)C(CNC(=O)N1CCOCC1)N1CCOCC1. The van der Waals surface area contributed by atoms with Crippen LogP contribution in [0.1, 0.15) is 13.8 Å². The second-order valence-corrected chi connectivity index (χ2v) is 5.75. The lowest BCUT2D eigenvalue weighted by Crippen LogP contribution is -2.53. The van der Waals surface area contributed by atoms with E-state index in [1.54, 1.807) is 0 Å². The van der Waals surface area contributed by atoms with Crippen molar-refractivity contribution >= 4 is 6.03 Å². The molecule has 2 fully saturated rings. The van der Waals surface area contributed by atoms with E-state index in [0.717, 1.165) is 26.3 Å². The average molecular weight is 285 g/mol. The van der Waals surface area contributed by atoms with Gasteiger partial charge in [0.25, 0.3) is 0 Å². The van der Waals surface area contributed by atoms with Crippen LogP contribution in [0.4, 0.5) is 4.79 Å². The van der Waals surface area contributed by atoms with Gasteiger partial charge in [-0.2, -0.15) is 0 Å². The van der Waals surface area contributed by atoms with E-state index in [9.17, 15) is 4.79 Å². The maximum Gasteiger partial charge on any atom is 0.317 e. The molecule has 1 N–H and O–H groups in total. The maximum atomic E-state index is 12.1. The van der Waals surface area contributed by atoms with Crippen molar-refractivity contribution in [1.82, 2.24) is 15.1 Å². The minimum atomic E-state index is 0.0345. The zero-order valence-electron chi connectivity index (χ0n) is 12.6. The first-order valence-electron chi connectivity index (χ1n) is 7.61. The standard InChI is InChI=1S/C14H27N3O3/c1-12(2)13(16-3-7-19-8-4-16)11-15-14(18)17-5-9-20-10-6-17/h12-13H,3-11H2,1-2H3,(H,15,18). The van der Waals surface area contributed by atoms with Gasteiger partial charge in [-0.1, -0.05) is 13.8 Å². The Kier molecular flexibility index (Phi) is 6.06. The summed E-state index contributed by atoms with van der Waals surface area (Å²) in [6.07, 6.45) is 0. The molecule has 2 heterocycles. The van der Waals surface area contributed by atoms with E-state index in [4.69, 9.17) is 9.47 Å². The Morgan fingerprint density at radius 3 is 2.15 bits per heavy atom. The number of carbonyl (C=O) groups excluding carboxylic acids is 1. The third-order valence-corrected chi connectivity index (χ3v) is 4.04. The number of rotatable bonds is 4. The fraction of sp³-hybridized carbons (Fsp3) is 0.929. The lowest BCUT2D eigenvalue weighted by molar-refractivity contribution is 0.00636. The maximum absolute atomic E-state index is 12.1. The summed E-state index contributed by atoms with van der Waals surface area (Å²) in [4.78, 5) is 16.4. The van der Waals surface area contributed by atoms with E-state index in [0.29, 0.717) is 44.8 Å². The van der Waals surface area contributed by atoms with E-state index in [2.05, 4.69) is 24.1 Å². The molecule has 0 aromatic rings. The quantitative estimate of drug-likeness (QED) is 0.811. The van der Waals surface area contributed by atoms with Crippen molar-refractivity contribution in [3.63, 3.8) is 0 Å². The molecule has 0 aromatic carbocycles. The zero-order valence-corrected chi connectivity index (χ0v) is 12.6. The monoisotopic (exact) mass is 285 g/mol. The van der Waals surface area contributed by atoms with Gasteiger partial charge < -0.3 is 19.7 Å². The molecule has 0 spiro atoms. The summed E-state index contributed by atoms with van der Waals surface area (Å²) in [5, 5.41) is 3.08. The van der Waals surface area contributed by atoms with Gasteiger partial charge in [0.2, 0.25) is 0 Å². The van der Waals surface area contributed by atoms with Crippen LogP contribution in [0.2, 0.25) is 0 Å². The first kappa shape index (κ1) is 15.5. The van der Waals surface area contributed by atoms with Gasteiger partial charge >= 0.3 is 6.03 Å². The van der Waals surface area contributed by atoms with Crippen LogP contribution in [0.15, 0.2) is 0 Å². The summed E-state index contributed by atoms with van der Waals surface area (Å²) in [6, 6.07) is 0.413. The number of urea groups is 1. The molecule has 0 saturated carbocycles. The van der Waals surface area contributed by atoms with Crippen molar-refractivity contribution in [3.8, 4) is 0 Å². The molecule has 116 valence electrons. The average Bonchev–Trinajstić information content (AvgIpc) is 2.49. The number of morpholine rings is 2. The molecule has 6 heteroatoms. The molecule has 2 aliphatic heterocycles. The van der Waals surface area contributed by atoms with Crippen molar-refractivity contribution in [1.29, 1.82) is 0 Å². The fourth-order valence-electron chi connectivity index (χ4n) is 2.77. The molecular weight excluding hydrogens is 258 g/mol. The van der Waals surface area contributed by atoms with Gasteiger partial charge in [-0.3, -0.25) is 4.90 Å². The van der Waals surface area contributed by atoms with Crippen molar-refractivity contribution in [2.75, 3.05) is 59.2 Å². The van der Waals surface area contributed by atoms with Gasteiger partial charge in [0.1, 0.15) is 0 Å². The van der Waals surface area contributed by atoms with Gasteiger partial charge in [0, 0.05) is 38.8 Å². The van der Waals surface area contributed by atoms with Gasteiger partial charge in [0.15, 0.2) is 0 Å². The lowest BCUT2D eigenvalue weighted by Gasteiger charge is -2.37. The molecule has 1 unspecified atom stereocenters. The Labute approximate surface area is 121 Å². The number of ether oxygens (including phenoxy) is 2. The zero-order chi connectivity index (χ0) is 14.4. The van der Waals surface area contributed by atoms with Gasteiger partial charge in [0.05, 0.1) is 26.4 Å². The van der Waals surface area contributed by atoms with Crippen molar-refractivity contribution in [2.24, 2.45) is 5.92 Å². The van der Waals surface area contributed by atoms with E-state index < -0.39 is 0 Å². The molecule has 20 heavy (non-hydrogen) atoms. The molecule has 0 aromatic heterocycles. The molecule has 2 amide bonds. The number of carbonyl (C=O) groups is 1. The summed E-state index contributed by atoms with van der Waals surface area (Å²) in [5.74, 6) is 0.512. The topological polar surface area (TPSA) is 54.0 Å². The fourth-order valence-corrected chi connectivity index (χ4v) is 2.77. The third kappa shape index (κ3) is 4.33. The van der Waals surface area contributed by atoms with E-state index in [-0.39, 0.29) is 6.03 Å². The number of hydrogen-bond acceptors (Lipinski definition) is 4. The summed E-state index contributed by atoms with van der Waals surface area (Å²) in [6.45, 7) is 11.3. The highest BCUT2D eigenvalue weighted by Gasteiger charge is 2.25. The molecule has 0 aliphatic carbocycles. The Bertz CT molecular complexity index is 300. The molecule has 2 rings (SSSR count). The van der Waals surface area contributed by atoms with Gasteiger partial charge in [-0.15, -0.1) is 0 Å². The highest BCUT2D eigenvalue weighted by molar-refractivity contribution is 5.74. The summed E-state index contributed by atoms with van der Waals surface area (Å²) < 4.78 is 10.7. The third-order valence-electron chi connectivity index (χ3n) is 4.04. The molecule has 0 bridgehead atoms. The van der Waals surface area contributed by atoms with Crippen LogP contribution in [0.5, 0.6) is 0 Å². The minimum absolute atomic E-state index is 0.0345. The minimum Gasteiger partial charge on any atom is -0.379 e. The second kappa shape index (κ2) is 7.81. The normalized spacial score (nSPS) is 22.9. The largest absolute Gasteiger partial charge is 0.379 e. The molecule has 0 radical (unpaired) electrons. The van der Waals surface area contributed by atoms with Crippen LogP contribution < -0.4 is 5.32 Å². The van der Waals surface area contributed by atoms with Crippen molar-refractivity contribution in [3.05, 3.63) is 0 Å². The molecular formula is C14H27N3O3. The number of hydrogen-bond donors (Lipinski definition) is 1. The summed E-state index contributed by atoms with van der Waals surface area (Å²) in [5.41, 5.74) is 0. The predicted molar refractivity (Wildman–Crippen MR) is 76.8 cm³/mol. The highest BCUT2D eigenvalue weighted by Crippen LogP contribution is 2.12. The van der Waals surface area contributed by atoms with E-state index in [1.165, 1.54) is 0 Å². The van der Waals surface area contributed by atoms with Crippen molar-refractivity contribution < 1.29 is 14.3 Å². The highest BCUT2D eigenvalue weighted by atomic mass is 16.5. The Morgan fingerprint density at radius 2 is 1.60 bits per heavy atom. The first-order chi connectivity index (χ1) is 9.68.